The van der Waals surface area contributed by atoms with E-state index in [-0.39, 0.29) is 5.91 Å². The molecule has 0 radical (unpaired) electrons. The highest BCUT2D eigenvalue weighted by molar-refractivity contribution is 6.18. The van der Waals surface area contributed by atoms with Gasteiger partial charge in [-0.25, -0.2) is 4.79 Å². The van der Waals surface area contributed by atoms with Crippen LogP contribution in [0.4, 0.5) is 5.69 Å². The summed E-state index contributed by atoms with van der Waals surface area (Å²) >= 11 is 5.54. The highest BCUT2D eigenvalue weighted by Gasteiger charge is 2.11. The van der Waals surface area contributed by atoms with Crippen molar-refractivity contribution in [2.75, 3.05) is 24.9 Å². The van der Waals surface area contributed by atoms with Crippen molar-refractivity contribution in [3.8, 4) is 5.75 Å². The number of hydrogen-bond acceptors (Lipinski definition) is 4. The zero-order valence-electron chi connectivity index (χ0n) is 11.6. The SMILES string of the molecule is CCOc1cc(NC(=O)CCCCl)cc(C(=O)OC)c1. The molecule has 6 heteroatoms. The maximum Gasteiger partial charge on any atom is 0.338 e. The Kier molecular flexibility index (Phi) is 6.87. The van der Waals surface area contributed by atoms with Crippen molar-refractivity contribution in [1.82, 2.24) is 0 Å². The molecule has 1 amide bonds. The molecule has 0 saturated carbocycles. The molecule has 0 aliphatic carbocycles. The molecular weight excluding hydrogens is 282 g/mol. The van der Waals surface area contributed by atoms with Crippen molar-refractivity contribution in [3.63, 3.8) is 0 Å². The van der Waals surface area contributed by atoms with E-state index in [1.54, 1.807) is 18.2 Å². The molecule has 0 unspecified atom stereocenters. The van der Waals surface area contributed by atoms with Crippen LogP contribution in [-0.2, 0) is 9.53 Å². The van der Waals surface area contributed by atoms with Gasteiger partial charge in [0.05, 0.1) is 19.3 Å². The quantitative estimate of drug-likeness (QED) is 0.621. The third-order valence-corrected chi connectivity index (χ3v) is 2.73. The number of carbonyl (C=O) groups is 2. The monoisotopic (exact) mass is 299 g/mol. The molecule has 0 aliphatic rings. The second-order valence-corrected chi connectivity index (χ2v) is 4.39. The van der Waals surface area contributed by atoms with Crippen molar-refractivity contribution < 1.29 is 19.1 Å². The minimum atomic E-state index is -0.484. The van der Waals surface area contributed by atoms with Gasteiger partial charge in [0, 0.05) is 24.1 Å². The predicted molar refractivity (Wildman–Crippen MR) is 77.5 cm³/mol. The Morgan fingerprint density at radius 2 is 2.05 bits per heavy atom. The van der Waals surface area contributed by atoms with Crippen LogP contribution in [0.1, 0.15) is 30.1 Å². The van der Waals surface area contributed by atoms with E-state index in [4.69, 9.17) is 16.3 Å². The molecule has 0 spiro atoms. The van der Waals surface area contributed by atoms with Crippen LogP contribution < -0.4 is 10.1 Å². The summed E-state index contributed by atoms with van der Waals surface area (Å²) in [5, 5.41) is 2.71. The molecule has 1 N–H and O–H groups in total. The number of alkyl halides is 1. The van der Waals surface area contributed by atoms with Gasteiger partial charge in [0.2, 0.25) is 5.91 Å². The third-order valence-electron chi connectivity index (χ3n) is 2.46. The Hall–Kier alpha value is -1.75. The highest BCUT2D eigenvalue weighted by Crippen LogP contribution is 2.22. The molecule has 0 aromatic heterocycles. The lowest BCUT2D eigenvalue weighted by Crippen LogP contribution is -2.12. The first kappa shape index (κ1) is 16.3. The summed E-state index contributed by atoms with van der Waals surface area (Å²) in [6.07, 6.45) is 0.929. The molecule has 0 heterocycles. The number of carbonyl (C=O) groups excluding carboxylic acids is 2. The maximum absolute atomic E-state index is 11.7. The van der Waals surface area contributed by atoms with Gasteiger partial charge in [0.15, 0.2) is 0 Å². The molecule has 1 aromatic rings. The van der Waals surface area contributed by atoms with Crippen LogP contribution in [0.15, 0.2) is 18.2 Å². The number of anilines is 1. The molecule has 5 nitrogen and oxygen atoms in total. The van der Waals surface area contributed by atoms with Crippen LogP contribution in [0.3, 0.4) is 0 Å². The molecule has 0 aliphatic heterocycles. The van der Waals surface area contributed by atoms with Crippen LogP contribution in [0.2, 0.25) is 0 Å². The lowest BCUT2D eigenvalue weighted by atomic mass is 10.2. The van der Waals surface area contributed by atoms with Crippen LogP contribution in [0.5, 0.6) is 5.75 Å². The lowest BCUT2D eigenvalue weighted by Gasteiger charge is -2.10. The molecular formula is C14H18ClNO4. The summed E-state index contributed by atoms with van der Waals surface area (Å²) in [5.41, 5.74) is 0.821. The summed E-state index contributed by atoms with van der Waals surface area (Å²) in [5.74, 6) is 0.292. The second kappa shape index (κ2) is 8.43. The summed E-state index contributed by atoms with van der Waals surface area (Å²) in [6, 6.07) is 4.78. The maximum atomic E-state index is 11.7. The topological polar surface area (TPSA) is 64.6 Å². The van der Waals surface area contributed by atoms with E-state index >= 15 is 0 Å². The van der Waals surface area contributed by atoms with E-state index in [1.807, 2.05) is 6.92 Å². The van der Waals surface area contributed by atoms with Gasteiger partial charge in [-0.15, -0.1) is 11.6 Å². The molecule has 0 atom stereocenters. The van der Waals surface area contributed by atoms with Gasteiger partial charge < -0.3 is 14.8 Å². The van der Waals surface area contributed by atoms with Crippen molar-refractivity contribution in [2.45, 2.75) is 19.8 Å². The predicted octanol–water partition coefficient (Wildman–Crippen LogP) is 2.83. The largest absolute Gasteiger partial charge is 0.494 e. The minimum Gasteiger partial charge on any atom is -0.494 e. The molecule has 1 aromatic carbocycles. The molecule has 110 valence electrons. The first-order valence-corrected chi connectivity index (χ1v) is 6.86. The van der Waals surface area contributed by atoms with Crippen LogP contribution in [0, 0.1) is 0 Å². The Labute approximate surface area is 123 Å². The van der Waals surface area contributed by atoms with Crippen molar-refractivity contribution in [3.05, 3.63) is 23.8 Å². The Morgan fingerprint density at radius 3 is 2.65 bits per heavy atom. The van der Waals surface area contributed by atoms with Crippen molar-refractivity contribution in [2.24, 2.45) is 0 Å². The number of hydrogen-bond donors (Lipinski definition) is 1. The first-order valence-electron chi connectivity index (χ1n) is 6.32. The zero-order valence-corrected chi connectivity index (χ0v) is 12.3. The summed E-state index contributed by atoms with van der Waals surface area (Å²) in [7, 11) is 1.30. The molecule has 0 saturated heterocycles. The third kappa shape index (κ3) is 5.09. The van der Waals surface area contributed by atoms with Gasteiger partial charge in [0.1, 0.15) is 5.75 Å². The Morgan fingerprint density at radius 1 is 1.30 bits per heavy atom. The van der Waals surface area contributed by atoms with Gasteiger partial charge in [-0.1, -0.05) is 0 Å². The summed E-state index contributed by atoms with van der Waals surface area (Å²) in [4.78, 5) is 23.2. The van der Waals surface area contributed by atoms with E-state index in [2.05, 4.69) is 10.1 Å². The first-order chi connectivity index (χ1) is 9.60. The number of amides is 1. The van der Waals surface area contributed by atoms with Crippen LogP contribution >= 0.6 is 11.6 Å². The van der Waals surface area contributed by atoms with E-state index in [0.717, 1.165) is 0 Å². The van der Waals surface area contributed by atoms with Gasteiger partial charge in [0.25, 0.3) is 0 Å². The van der Waals surface area contributed by atoms with E-state index in [1.165, 1.54) is 7.11 Å². The van der Waals surface area contributed by atoms with Gasteiger partial charge >= 0.3 is 5.97 Å². The molecule has 20 heavy (non-hydrogen) atoms. The number of rotatable bonds is 7. The number of halogens is 1. The summed E-state index contributed by atoms with van der Waals surface area (Å²) in [6.45, 7) is 2.30. The fourth-order valence-corrected chi connectivity index (χ4v) is 1.74. The normalized spacial score (nSPS) is 9.95. The standard InChI is InChI=1S/C14H18ClNO4/c1-3-20-12-8-10(14(18)19-2)7-11(9-12)16-13(17)5-4-6-15/h7-9H,3-6H2,1-2H3,(H,16,17). The lowest BCUT2D eigenvalue weighted by molar-refractivity contribution is -0.116. The Bertz CT molecular complexity index is 476. The van der Waals surface area contributed by atoms with E-state index in [9.17, 15) is 9.59 Å². The minimum absolute atomic E-state index is 0.157. The average Bonchev–Trinajstić information content (AvgIpc) is 2.44. The highest BCUT2D eigenvalue weighted by atomic mass is 35.5. The van der Waals surface area contributed by atoms with Crippen LogP contribution in [0.25, 0.3) is 0 Å². The summed E-state index contributed by atoms with van der Waals surface area (Å²) < 4.78 is 10.0. The van der Waals surface area contributed by atoms with Crippen molar-refractivity contribution >= 4 is 29.2 Å². The van der Waals surface area contributed by atoms with Gasteiger partial charge in [-0.3, -0.25) is 4.79 Å². The van der Waals surface area contributed by atoms with E-state index in [0.29, 0.717) is 42.3 Å². The Balaban J connectivity index is 2.90. The smallest absolute Gasteiger partial charge is 0.338 e. The molecule has 1 rings (SSSR count). The van der Waals surface area contributed by atoms with E-state index < -0.39 is 5.97 Å². The molecule has 0 bridgehead atoms. The molecule has 0 fully saturated rings. The average molecular weight is 300 g/mol. The number of ether oxygens (including phenoxy) is 2. The van der Waals surface area contributed by atoms with Crippen molar-refractivity contribution in [1.29, 1.82) is 0 Å². The number of benzene rings is 1. The number of esters is 1. The van der Waals surface area contributed by atoms with Gasteiger partial charge in [-0.05, 0) is 25.5 Å². The fraction of sp³-hybridized carbons (Fsp3) is 0.429. The number of nitrogens with one attached hydrogen (secondary N) is 1. The van der Waals surface area contributed by atoms with Gasteiger partial charge in [-0.2, -0.15) is 0 Å². The zero-order chi connectivity index (χ0) is 15.0. The van der Waals surface area contributed by atoms with Crippen LogP contribution in [-0.4, -0.2) is 31.5 Å². The number of methoxy groups -OCH3 is 1. The fourth-order valence-electron chi connectivity index (χ4n) is 1.61. The second-order valence-electron chi connectivity index (χ2n) is 4.01.